The van der Waals surface area contributed by atoms with Crippen molar-refractivity contribution in [1.29, 1.82) is 0 Å². The van der Waals surface area contributed by atoms with Crippen LogP contribution in [0.2, 0.25) is 0 Å². The van der Waals surface area contributed by atoms with E-state index in [-0.39, 0.29) is 12.1 Å². The standard InChI is InChI=1S/C17H29N3O/c1-4-13-5-7-14(8-6-13)17(20-18)15-9-16(11-19-10-15)21-12(2)3/h9-14,17,20H,4-8,18H2,1-3H3. The van der Waals surface area contributed by atoms with Crippen LogP contribution in [0.5, 0.6) is 5.75 Å². The number of hydrazine groups is 1. The zero-order valence-electron chi connectivity index (χ0n) is 13.5. The fraction of sp³-hybridized carbons (Fsp3) is 0.706. The van der Waals surface area contributed by atoms with Crippen molar-refractivity contribution in [1.82, 2.24) is 10.4 Å². The Bertz CT molecular complexity index is 428. The Morgan fingerprint density at radius 3 is 2.57 bits per heavy atom. The molecule has 21 heavy (non-hydrogen) atoms. The minimum absolute atomic E-state index is 0.159. The summed E-state index contributed by atoms with van der Waals surface area (Å²) in [6, 6.07) is 2.25. The molecule has 1 aliphatic rings. The molecule has 1 fully saturated rings. The lowest BCUT2D eigenvalue weighted by atomic mass is 9.76. The molecule has 1 aliphatic carbocycles. The third-order valence-corrected chi connectivity index (χ3v) is 4.58. The van der Waals surface area contributed by atoms with Crippen LogP contribution in [0.15, 0.2) is 18.5 Å². The number of pyridine rings is 1. The second-order valence-corrected chi connectivity index (χ2v) is 6.45. The van der Waals surface area contributed by atoms with Gasteiger partial charge in [-0.25, -0.2) is 0 Å². The van der Waals surface area contributed by atoms with Crippen molar-refractivity contribution < 1.29 is 4.74 Å². The molecule has 4 heteroatoms. The van der Waals surface area contributed by atoms with Crippen LogP contribution in [0.3, 0.4) is 0 Å². The molecule has 0 spiro atoms. The quantitative estimate of drug-likeness (QED) is 0.621. The fourth-order valence-corrected chi connectivity index (χ4v) is 3.38. The lowest BCUT2D eigenvalue weighted by molar-refractivity contribution is 0.217. The molecular formula is C17H29N3O. The average molecular weight is 291 g/mol. The minimum atomic E-state index is 0.159. The van der Waals surface area contributed by atoms with Crippen LogP contribution in [0.1, 0.15) is 64.5 Å². The summed E-state index contributed by atoms with van der Waals surface area (Å²) in [6.07, 6.45) is 10.2. The van der Waals surface area contributed by atoms with Crippen molar-refractivity contribution >= 4 is 0 Å². The van der Waals surface area contributed by atoms with Crippen molar-refractivity contribution in [2.75, 3.05) is 0 Å². The number of ether oxygens (including phenoxy) is 1. The zero-order chi connectivity index (χ0) is 15.2. The lowest BCUT2D eigenvalue weighted by Crippen LogP contribution is -2.35. The first-order chi connectivity index (χ1) is 10.1. The van der Waals surface area contributed by atoms with Crippen LogP contribution in [0.25, 0.3) is 0 Å². The summed E-state index contributed by atoms with van der Waals surface area (Å²) >= 11 is 0. The highest BCUT2D eigenvalue weighted by atomic mass is 16.5. The molecule has 1 aromatic rings. The third-order valence-electron chi connectivity index (χ3n) is 4.58. The molecule has 0 aliphatic heterocycles. The van der Waals surface area contributed by atoms with Crippen LogP contribution in [0.4, 0.5) is 0 Å². The SMILES string of the molecule is CCC1CCC(C(NN)c2cncc(OC(C)C)c2)CC1. The molecule has 118 valence electrons. The molecule has 1 saturated carbocycles. The summed E-state index contributed by atoms with van der Waals surface area (Å²) in [7, 11) is 0. The molecule has 2 rings (SSSR count). The molecular weight excluding hydrogens is 262 g/mol. The smallest absolute Gasteiger partial charge is 0.138 e. The number of nitrogens with zero attached hydrogens (tertiary/aromatic N) is 1. The first-order valence-corrected chi connectivity index (χ1v) is 8.21. The normalized spacial score (nSPS) is 24.0. The highest BCUT2D eigenvalue weighted by Gasteiger charge is 2.27. The topological polar surface area (TPSA) is 60.2 Å². The minimum Gasteiger partial charge on any atom is -0.489 e. The van der Waals surface area contributed by atoms with Gasteiger partial charge in [-0.1, -0.05) is 26.2 Å². The number of hydrogen-bond donors (Lipinski definition) is 2. The van der Waals surface area contributed by atoms with Crippen molar-refractivity contribution in [3.05, 3.63) is 24.0 Å². The number of hydrogen-bond acceptors (Lipinski definition) is 4. The summed E-state index contributed by atoms with van der Waals surface area (Å²) in [5.41, 5.74) is 4.14. The van der Waals surface area contributed by atoms with Gasteiger partial charge in [-0.15, -0.1) is 0 Å². The van der Waals surface area contributed by atoms with E-state index in [1.165, 1.54) is 32.1 Å². The van der Waals surface area contributed by atoms with E-state index < -0.39 is 0 Å². The molecule has 0 aromatic carbocycles. The number of nitrogens with two attached hydrogens (primary N) is 1. The number of aromatic nitrogens is 1. The number of nitrogens with one attached hydrogen (secondary N) is 1. The van der Waals surface area contributed by atoms with Crippen molar-refractivity contribution in [2.24, 2.45) is 17.7 Å². The van der Waals surface area contributed by atoms with Gasteiger partial charge < -0.3 is 4.74 Å². The Morgan fingerprint density at radius 1 is 1.29 bits per heavy atom. The molecule has 0 saturated heterocycles. The largest absolute Gasteiger partial charge is 0.489 e. The third kappa shape index (κ3) is 4.42. The van der Waals surface area contributed by atoms with Crippen molar-refractivity contribution in [3.63, 3.8) is 0 Å². The summed E-state index contributed by atoms with van der Waals surface area (Å²) in [5.74, 6) is 8.15. The van der Waals surface area contributed by atoms with E-state index in [2.05, 4.69) is 23.4 Å². The molecule has 0 bridgehead atoms. The second-order valence-electron chi connectivity index (χ2n) is 6.45. The predicted molar refractivity (Wildman–Crippen MR) is 85.8 cm³/mol. The van der Waals surface area contributed by atoms with E-state index in [9.17, 15) is 0 Å². The molecule has 1 atom stereocenters. The lowest BCUT2D eigenvalue weighted by Gasteiger charge is -2.33. The molecule has 4 nitrogen and oxygen atoms in total. The van der Waals surface area contributed by atoms with Gasteiger partial charge >= 0.3 is 0 Å². The van der Waals surface area contributed by atoms with E-state index >= 15 is 0 Å². The Hall–Kier alpha value is -1.13. The van der Waals surface area contributed by atoms with Crippen LogP contribution in [-0.2, 0) is 0 Å². The maximum Gasteiger partial charge on any atom is 0.138 e. The van der Waals surface area contributed by atoms with Gasteiger partial charge in [-0.05, 0) is 50.2 Å². The predicted octanol–water partition coefficient (Wildman–Crippen LogP) is 3.59. The fourth-order valence-electron chi connectivity index (χ4n) is 3.38. The van der Waals surface area contributed by atoms with Gasteiger partial charge in [0.1, 0.15) is 5.75 Å². The zero-order valence-corrected chi connectivity index (χ0v) is 13.5. The van der Waals surface area contributed by atoms with Gasteiger partial charge in [0.05, 0.1) is 18.3 Å². The van der Waals surface area contributed by atoms with Crippen LogP contribution in [-0.4, -0.2) is 11.1 Å². The maximum atomic E-state index is 5.84. The molecule has 3 N–H and O–H groups in total. The molecule has 1 unspecified atom stereocenters. The molecule has 1 aromatic heterocycles. The molecule has 0 amide bonds. The monoisotopic (exact) mass is 291 g/mol. The van der Waals surface area contributed by atoms with E-state index in [1.54, 1.807) is 6.20 Å². The van der Waals surface area contributed by atoms with Crippen molar-refractivity contribution in [2.45, 2.75) is 65.0 Å². The summed E-state index contributed by atoms with van der Waals surface area (Å²) in [4.78, 5) is 4.31. The van der Waals surface area contributed by atoms with Crippen LogP contribution < -0.4 is 16.0 Å². The van der Waals surface area contributed by atoms with Crippen LogP contribution in [0, 0.1) is 11.8 Å². The Morgan fingerprint density at radius 2 is 2.00 bits per heavy atom. The van der Waals surface area contributed by atoms with Crippen LogP contribution >= 0.6 is 0 Å². The Balaban J connectivity index is 2.07. The summed E-state index contributed by atoms with van der Waals surface area (Å²) in [6.45, 7) is 6.34. The van der Waals surface area contributed by atoms with E-state index in [0.29, 0.717) is 5.92 Å². The second kappa shape index (κ2) is 7.76. The van der Waals surface area contributed by atoms with Gasteiger partial charge in [0.2, 0.25) is 0 Å². The highest BCUT2D eigenvalue weighted by Crippen LogP contribution is 2.38. The summed E-state index contributed by atoms with van der Waals surface area (Å²) in [5, 5.41) is 0. The maximum absolute atomic E-state index is 5.84. The van der Waals surface area contributed by atoms with E-state index in [4.69, 9.17) is 10.6 Å². The first kappa shape index (κ1) is 16.2. The number of rotatable bonds is 6. The summed E-state index contributed by atoms with van der Waals surface area (Å²) < 4.78 is 5.74. The van der Waals surface area contributed by atoms with Crippen molar-refractivity contribution in [3.8, 4) is 5.75 Å². The van der Waals surface area contributed by atoms with Gasteiger partial charge in [0.25, 0.3) is 0 Å². The average Bonchev–Trinajstić information content (AvgIpc) is 2.48. The van der Waals surface area contributed by atoms with E-state index in [0.717, 1.165) is 17.2 Å². The Kier molecular flexibility index (Phi) is 6.00. The van der Waals surface area contributed by atoms with Gasteiger partial charge in [-0.2, -0.15) is 0 Å². The first-order valence-electron chi connectivity index (χ1n) is 8.21. The van der Waals surface area contributed by atoms with Gasteiger partial charge in [-0.3, -0.25) is 16.3 Å². The molecule has 1 heterocycles. The van der Waals surface area contributed by atoms with E-state index in [1.807, 2.05) is 20.0 Å². The van der Waals surface area contributed by atoms with Gasteiger partial charge in [0, 0.05) is 6.20 Å². The highest BCUT2D eigenvalue weighted by molar-refractivity contribution is 5.26. The van der Waals surface area contributed by atoms with Gasteiger partial charge in [0.15, 0.2) is 0 Å². The Labute approximate surface area is 128 Å². The molecule has 0 radical (unpaired) electrons.